The average molecular weight is 283 g/mol. The fourth-order valence-corrected chi connectivity index (χ4v) is 3.96. The van der Waals surface area contributed by atoms with E-state index in [1.807, 2.05) is 6.08 Å². The van der Waals surface area contributed by atoms with Gasteiger partial charge >= 0.3 is 0 Å². The lowest BCUT2D eigenvalue weighted by Crippen LogP contribution is -2.61. The third-order valence-corrected chi connectivity index (χ3v) is 4.88. The number of piperidine rings is 1. The van der Waals surface area contributed by atoms with E-state index in [2.05, 4.69) is 23.2 Å². The van der Waals surface area contributed by atoms with Gasteiger partial charge in [0.05, 0.1) is 6.10 Å². The van der Waals surface area contributed by atoms with E-state index in [1.165, 1.54) is 12.8 Å². The predicted molar refractivity (Wildman–Crippen MR) is 87.4 cm³/mol. The number of aliphatic hydroxyl groups is 1. The first-order valence-electron chi connectivity index (χ1n) is 7.91. The second-order valence-electron chi connectivity index (χ2n) is 6.21. The van der Waals surface area contributed by atoms with E-state index in [9.17, 15) is 5.11 Å². The molecule has 0 aromatic heterocycles. The molecule has 0 amide bonds. The van der Waals surface area contributed by atoms with Crippen LogP contribution in [-0.2, 0) is 0 Å². The van der Waals surface area contributed by atoms with Gasteiger partial charge in [0.15, 0.2) is 0 Å². The van der Waals surface area contributed by atoms with Crippen molar-refractivity contribution in [2.24, 2.45) is 5.92 Å². The summed E-state index contributed by atoms with van der Waals surface area (Å²) in [5, 5.41) is 14.2. The number of nitrogens with one attached hydrogen (secondary N) is 1. The Bertz CT molecular complexity index is 475. The quantitative estimate of drug-likeness (QED) is 0.781. The number of allylic oxidation sites excluding steroid dienone is 2. The van der Waals surface area contributed by atoms with Gasteiger partial charge in [-0.15, -0.1) is 12.8 Å². The number of hydrogen-bond acceptors (Lipinski definition) is 2. The number of rotatable bonds is 3. The summed E-state index contributed by atoms with van der Waals surface area (Å²) in [5.41, 5.74) is -0.00207. The molecule has 0 radical (unpaired) electrons. The minimum absolute atomic E-state index is 0.00207. The van der Waals surface area contributed by atoms with Crippen molar-refractivity contribution in [3.05, 3.63) is 24.3 Å². The first-order valence-corrected chi connectivity index (χ1v) is 7.91. The summed E-state index contributed by atoms with van der Waals surface area (Å²) in [6.45, 7) is 0. The van der Waals surface area contributed by atoms with Crippen molar-refractivity contribution in [1.29, 1.82) is 0 Å². The SMILES string of the molecule is C#C/C=C\C[C@@H]1CCCC2(CCC[C@@H](O)[C@H]2/C=C/C#C)N1. The van der Waals surface area contributed by atoms with E-state index < -0.39 is 0 Å². The van der Waals surface area contributed by atoms with Crippen LogP contribution in [0.5, 0.6) is 0 Å². The molecule has 0 bridgehead atoms. The molecule has 2 aliphatic rings. The highest BCUT2D eigenvalue weighted by Gasteiger charge is 2.45. The molecule has 1 unspecified atom stereocenters. The van der Waals surface area contributed by atoms with Crippen molar-refractivity contribution < 1.29 is 5.11 Å². The zero-order valence-corrected chi connectivity index (χ0v) is 12.6. The molecule has 21 heavy (non-hydrogen) atoms. The largest absolute Gasteiger partial charge is 0.392 e. The van der Waals surface area contributed by atoms with Crippen LogP contribution in [0.25, 0.3) is 0 Å². The van der Waals surface area contributed by atoms with Crippen LogP contribution < -0.4 is 5.32 Å². The Morgan fingerprint density at radius 2 is 1.86 bits per heavy atom. The Morgan fingerprint density at radius 1 is 1.14 bits per heavy atom. The third kappa shape index (κ3) is 3.79. The molecule has 1 saturated heterocycles. The van der Waals surface area contributed by atoms with Gasteiger partial charge in [-0.1, -0.05) is 30.4 Å². The first kappa shape index (κ1) is 15.9. The van der Waals surface area contributed by atoms with Crippen LogP contribution in [0.15, 0.2) is 24.3 Å². The van der Waals surface area contributed by atoms with Crippen molar-refractivity contribution in [3.63, 3.8) is 0 Å². The number of terminal acetylenes is 2. The highest BCUT2D eigenvalue weighted by Crippen LogP contribution is 2.41. The van der Waals surface area contributed by atoms with E-state index in [1.54, 1.807) is 12.2 Å². The maximum atomic E-state index is 10.4. The number of aliphatic hydroxyl groups excluding tert-OH is 1. The summed E-state index contributed by atoms with van der Waals surface area (Å²) >= 11 is 0. The molecule has 1 spiro atoms. The number of hydrogen-bond donors (Lipinski definition) is 2. The van der Waals surface area contributed by atoms with Gasteiger partial charge in [-0.25, -0.2) is 0 Å². The van der Waals surface area contributed by atoms with E-state index >= 15 is 0 Å². The van der Waals surface area contributed by atoms with E-state index in [0.29, 0.717) is 6.04 Å². The molecule has 2 heteroatoms. The molecule has 1 saturated carbocycles. The van der Waals surface area contributed by atoms with E-state index in [0.717, 1.165) is 32.1 Å². The summed E-state index contributed by atoms with van der Waals surface area (Å²) in [6, 6.07) is 0.440. The van der Waals surface area contributed by atoms with Gasteiger partial charge in [-0.2, -0.15) is 0 Å². The molecule has 2 rings (SSSR count). The zero-order chi connectivity index (χ0) is 15.1. The predicted octanol–water partition coefficient (Wildman–Crippen LogP) is 2.80. The van der Waals surface area contributed by atoms with Crippen LogP contribution in [-0.4, -0.2) is 22.8 Å². The summed E-state index contributed by atoms with van der Waals surface area (Å²) < 4.78 is 0. The zero-order valence-electron chi connectivity index (χ0n) is 12.6. The molecule has 2 N–H and O–H groups in total. The van der Waals surface area contributed by atoms with E-state index in [4.69, 9.17) is 12.8 Å². The Kier molecular flexibility index (Phi) is 5.68. The summed E-state index contributed by atoms with van der Waals surface area (Å²) in [6.07, 6.45) is 25.4. The van der Waals surface area contributed by atoms with Gasteiger partial charge in [0, 0.05) is 17.5 Å². The molecule has 1 aliphatic heterocycles. The van der Waals surface area contributed by atoms with Crippen LogP contribution in [0.2, 0.25) is 0 Å². The fourth-order valence-electron chi connectivity index (χ4n) is 3.96. The highest BCUT2D eigenvalue weighted by atomic mass is 16.3. The van der Waals surface area contributed by atoms with Crippen LogP contribution in [0.4, 0.5) is 0 Å². The molecule has 2 nitrogen and oxygen atoms in total. The Balaban J connectivity index is 2.13. The van der Waals surface area contributed by atoms with Crippen molar-refractivity contribution >= 4 is 0 Å². The Hall–Kier alpha value is -1.48. The highest BCUT2D eigenvalue weighted by molar-refractivity contribution is 5.18. The molecular weight excluding hydrogens is 258 g/mol. The maximum absolute atomic E-state index is 10.4. The monoisotopic (exact) mass is 283 g/mol. The van der Waals surface area contributed by atoms with Gasteiger partial charge in [0.1, 0.15) is 0 Å². The lowest BCUT2D eigenvalue weighted by atomic mass is 9.66. The topological polar surface area (TPSA) is 32.3 Å². The molecule has 112 valence electrons. The molecule has 2 fully saturated rings. The average Bonchev–Trinajstić information content (AvgIpc) is 2.47. The molecular formula is C19H25NO. The fraction of sp³-hybridized carbons (Fsp3) is 0.579. The normalized spacial score (nSPS) is 36.8. The molecule has 0 aromatic carbocycles. The van der Waals surface area contributed by atoms with Crippen molar-refractivity contribution in [1.82, 2.24) is 5.32 Å². The van der Waals surface area contributed by atoms with Gasteiger partial charge in [-0.05, 0) is 50.7 Å². The minimum Gasteiger partial charge on any atom is -0.392 e. The molecule has 1 heterocycles. The Morgan fingerprint density at radius 3 is 2.57 bits per heavy atom. The molecule has 4 atom stereocenters. The van der Waals surface area contributed by atoms with Crippen LogP contribution >= 0.6 is 0 Å². The van der Waals surface area contributed by atoms with Crippen LogP contribution in [0.3, 0.4) is 0 Å². The van der Waals surface area contributed by atoms with Crippen molar-refractivity contribution in [2.75, 3.05) is 0 Å². The minimum atomic E-state index is -0.296. The van der Waals surface area contributed by atoms with Crippen molar-refractivity contribution in [2.45, 2.75) is 62.6 Å². The maximum Gasteiger partial charge on any atom is 0.0620 e. The lowest BCUT2D eigenvalue weighted by molar-refractivity contribution is 0.00394. The molecule has 0 aromatic rings. The third-order valence-electron chi connectivity index (χ3n) is 4.88. The van der Waals surface area contributed by atoms with Crippen LogP contribution in [0, 0.1) is 30.6 Å². The standard InChI is InChI=1S/C19H25NO/c1-3-5-7-10-16-11-8-14-19(20-16)15-9-13-18(21)17(19)12-6-4-2/h1-2,5-7,12,16-18,20-21H,8-11,13-15H2/b7-5-,12-6+/t16-,17-,18-,19?/m1/s1. The Labute approximate surface area is 128 Å². The first-order chi connectivity index (χ1) is 10.2. The van der Waals surface area contributed by atoms with Crippen LogP contribution in [0.1, 0.15) is 44.9 Å². The smallest absolute Gasteiger partial charge is 0.0620 e. The summed E-state index contributed by atoms with van der Waals surface area (Å²) in [5.74, 6) is 5.21. The summed E-state index contributed by atoms with van der Waals surface area (Å²) in [7, 11) is 0. The van der Waals surface area contributed by atoms with Gasteiger partial charge < -0.3 is 10.4 Å². The summed E-state index contributed by atoms with van der Waals surface area (Å²) in [4.78, 5) is 0. The van der Waals surface area contributed by atoms with E-state index in [-0.39, 0.29) is 17.6 Å². The second kappa shape index (κ2) is 7.51. The second-order valence-corrected chi connectivity index (χ2v) is 6.21. The lowest BCUT2D eigenvalue weighted by Gasteiger charge is -2.51. The van der Waals surface area contributed by atoms with Gasteiger partial charge in [-0.3, -0.25) is 0 Å². The van der Waals surface area contributed by atoms with Gasteiger partial charge in [0.2, 0.25) is 0 Å². The van der Waals surface area contributed by atoms with Gasteiger partial charge in [0.25, 0.3) is 0 Å². The van der Waals surface area contributed by atoms with Crippen molar-refractivity contribution in [3.8, 4) is 24.7 Å². The molecule has 1 aliphatic carbocycles.